The lowest BCUT2D eigenvalue weighted by atomic mass is 10.4. The van der Waals surface area contributed by atoms with E-state index in [4.69, 9.17) is 23.2 Å². The third-order valence-corrected chi connectivity index (χ3v) is 2.74. The Morgan fingerprint density at radius 1 is 1.23 bits per heavy atom. The molecule has 2 heterocycles. The molecule has 0 saturated carbocycles. The number of hydrogen-bond donors (Lipinski definition) is 0. The minimum Gasteiger partial charge on any atom is -0.341 e. The maximum atomic E-state index is 5.78. The number of anilines is 1. The first-order valence-electron chi connectivity index (χ1n) is 4.20. The second-order valence-electron chi connectivity index (χ2n) is 3.00. The van der Waals surface area contributed by atoms with Crippen LogP contribution in [0.4, 0.5) is 5.95 Å². The predicted molar refractivity (Wildman–Crippen MR) is 53.5 cm³/mol. The van der Waals surface area contributed by atoms with Gasteiger partial charge in [-0.1, -0.05) is 23.2 Å². The standard InChI is InChI=1S/C8H9Cl2N3/c9-6-5-11-8(12-7(6)10)13-3-1-2-4-13/h5H,1-4H2. The van der Waals surface area contributed by atoms with E-state index in [0.29, 0.717) is 16.1 Å². The zero-order chi connectivity index (χ0) is 9.26. The van der Waals surface area contributed by atoms with Crippen molar-refractivity contribution in [2.45, 2.75) is 12.8 Å². The summed E-state index contributed by atoms with van der Waals surface area (Å²) in [5.41, 5.74) is 0. The molecule has 70 valence electrons. The van der Waals surface area contributed by atoms with Crippen molar-refractivity contribution in [3.05, 3.63) is 16.4 Å². The lowest BCUT2D eigenvalue weighted by molar-refractivity contribution is 0.898. The van der Waals surface area contributed by atoms with Gasteiger partial charge in [0, 0.05) is 13.1 Å². The van der Waals surface area contributed by atoms with Crippen LogP contribution in [0.5, 0.6) is 0 Å². The molecule has 0 unspecified atom stereocenters. The summed E-state index contributed by atoms with van der Waals surface area (Å²) in [5, 5.41) is 0.739. The third-order valence-electron chi connectivity index (χ3n) is 2.08. The second kappa shape index (κ2) is 3.68. The fourth-order valence-electron chi connectivity index (χ4n) is 1.41. The fourth-order valence-corrected chi connectivity index (χ4v) is 1.62. The van der Waals surface area contributed by atoms with Crippen molar-refractivity contribution in [3.63, 3.8) is 0 Å². The first-order valence-corrected chi connectivity index (χ1v) is 4.96. The van der Waals surface area contributed by atoms with Gasteiger partial charge in [0.15, 0.2) is 5.15 Å². The monoisotopic (exact) mass is 217 g/mol. The molecule has 0 aliphatic carbocycles. The molecule has 0 N–H and O–H groups in total. The molecule has 0 radical (unpaired) electrons. The molecule has 0 aromatic carbocycles. The molecule has 0 bridgehead atoms. The van der Waals surface area contributed by atoms with Gasteiger partial charge in [-0.2, -0.15) is 4.98 Å². The van der Waals surface area contributed by atoms with Crippen molar-refractivity contribution in [2.24, 2.45) is 0 Å². The summed E-state index contributed by atoms with van der Waals surface area (Å²) in [7, 11) is 0. The minimum absolute atomic E-state index is 0.332. The summed E-state index contributed by atoms with van der Waals surface area (Å²) in [5.74, 6) is 0.687. The zero-order valence-electron chi connectivity index (χ0n) is 7.00. The zero-order valence-corrected chi connectivity index (χ0v) is 8.52. The highest BCUT2D eigenvalue weighted by atomic mass is 35.5. The Labute approximate surface area is 86.7 Å². The largest absolute Gasteiger partial charge is 0.341 e. The average Bonchev–Trinajstić information content (AvgIpc) is 2.62. The molecule has 13 heavy (non-hydrogen) atoms. The highest BCUT2D eigenvalue weighted by Crippen LogP contribution is 2.22. The summed E-state index contributed by atoms with van der Waals surface area (Å²) in [4.78, 5) is 10.3. The predicted octanol–water partition coefficient (Wildman–Crippen LogP) is 2.38. The minimum atomic E-state index is 0.332. The van der Waals surface area contributed by atoms with E-state index < -0.39 is 0 Å². The van der Waals surface area contributed by atoms with Gasteiger partial charge in [-0.05, 0) is 12.8 Å². The van der Waals surface area contributed by atoms with E-state index in [1.165, 1.54) is 12.8 Å². The van der Waals surface area contributed by atoms with Crippen LogP contribution in [0.1, 0.15) is 12.8 Å². The molecule has 3 nitrogen and oxygen atoms in total. The summed E-state index contributed by atoms with van der Waals surface area (Å²) >= 11 is 11.5. The van der Waals surface area contributed by atoms with Crippen LogP contribution in [-0.4, -0.2) is 23.1 Å². The van der Waals surface area contributed by atoms with E-state index in [1.54, 1.807) is 6.20 Å². The Balaban J connectivity index is 2.25. The maximum absolute atomic E-state index is 5.78. The molecular weight excluding hydrogens is 209 g/mol. The lowest BCUT2D eigenvalue weighted by Gasteiger charge is -2.14. The van der Waals surface area contributed by atoms with E-state index in [2.05, 4.69) is 14.9 Å². The highest BCUT2D eigenvalue weighted by molar-refractivity contribution is 6.41. The third kappa shape index (κ3) is 1.86. The SMILES string of the molecule is Clc1cnc(N2CCCC2)nc1Cl. The van der Waals surface area contributed by atoms with Gasteiger partial charge in [0.05, 0.1) is 11.2 Å². The molecule has 1 aliphatic rings. The molecule has 1 saturated heterocycles. The van der Waals surface area contributed by atoms with Crippen molar-refractivity contribution in [1.29, 1.82) is 0 Å². The number of nitrogens with zero attached hydrogens (tertiary/aromatic N) is 3. The molecule has 1 fully saturated rings. The summed E-state index contributed by atoms with van der Waals surface area (Å²) in [6.07, 6.45) is 3.94. The van der Waals surface area contributed by atoms with Crippen LogP contribution in [0.2, 0.25) is 10.2 Å². The summed E-state index contributed by atoms with van der Waals surface area (Å²) in [6.45, 7) is 2.02. The van der Waals surface area contributed by atoms with E-state index in [0.717, 1.165) is 13.1 Å². The van der Waals surface area contributed by atoms with Gasteiger partial charge in [-0.3, -0.25) is 0 Å². The van der Waals surface area contributed by atoms with Crippen LogP contribution in [0, 0.1) is 0 Å². The Bertz CT molecular complexity index is 310. The average molecular weight is 218 g/mol. The summed E-state index contributed by atoms with van der Waals surface area (Å²) in [6, 6.07) is 0. The second-order valence-corrected chi connectivity index (χ2v) is 3.77. The maximum Gasteiger partial charge on any atom is 0.226 e. The molecule has 0 amide bonds. The van der Waals surface area contributed by atoms with Gasteiger partial charge in [-0.25, -0.2) is 4.98 Å². The fraction of sp³-hybridized carbons (Fsp3) is 0.500. The number of rotatable bonds is 1. The van der Waals surface area contributed by atoms with Crippen LogP contribution in [0.25, 0.3) is 0 Å². The van der Waals surface area contributed by atoms with Crippen molar-refractivity contribution in [3.8, 4) is 0 Å². The van der Waals surface area contributed by atoms with Crippen LogP contribution in [-0.2, 0) is 0 Å². The topological polar surface area (TPSA) is 29.0 Å². The molecule has 0 spiro atoms. The smallest absolute Gasteiger partial charge is 0.226 e. The molecule has 2 rings (SSSR count). The Kier molecular flexibility index (Phi) is 2.56. The Morgan fingerprint density at radius 3 is 2.54 bits per heavy atom. The Morgan fingerprint density at radius 2 is 1.92 bits per heavy atom. The summed E-state index contributed by atoms with van der Waals surface area (Å²) < 4.78 is 0. The quantitative estimate of drug-likeness (QED) is 0.677. The van der Waals surface area contributed by atoms with Gasteiger partial charge < -0.3 is 4.90 Å². The van der Waals surface area contributed by atoms with Crippen molar-refractivity contribution < 1.29 is 0 Å². The van der Waals surface area contributed by atoms with Gasteiger partial charge >= 0.3 is 0 Å². The molecule has 1 aromatic heterocycles. The van der Waals surface area contributed by atoms with Crippen molar-refractivity contribution in [1.82, 2.24) is 9.97 Å². The molecule has 5 heteroatoms. The molecule has 1 aliphatic heterocycles. The van der Waals surface area contributed by atoms with E-state index in [1.807, 2.05) is 0 Å². The van der Waals surface area contributed by atoms with Crippen LogP contribution in [0.15, 0.2) is 6.20 Å². The van der Waals surface area contributed by atoms with E-state index in [9.17, 15) is 0 Å². The normalized spacial score (nSPS) is 16.6. The van der Waals surface area contributed by atoms with Crippen molar-refractivity contribution >= 4 is 29.2 Å². The molecule has 0 atom stereocenters. The van der Waals surface area contributed by atoms with E-state index in [-0.39, 0.29) is 0 Å². The van der Waals surface area contributed by atoms with Gasteiger partial charge in [0.25, 0.3) is 0 Å². The first-order chi connectivity index (χ1) is 6.27. The van der Waals surface area contributed by atoms with Crippen molar-refractivity contribution in [2.75, 3.05) is 18.0 Å². The lowest BCUT2D eigenvalue weighted by Crippen LogP contribution is -2.20. The van der Waals surface area contributed by atoms with E-state index >= 15 is 0 Å². The first kappa shape index (κ1) is 9.03. The van der Waals surface area contributed by atoms with Gasteiger partial charge in [-0.15, -0.1) is 0 Å². The van der Waals surface area contributed by atoms with Gasteiger partial charge in [0.2, 0.25) is 5.95 Å². The van der Waals surface area contributed by atoms with Crippen LogP contribution in [0.3, 0.4) is 0 Å². The van der Waals surface area contributed by atoms with Crippen LogP contribution < -0.4 is 4.90 Å². The molecule has 1 aromatic rings. The number of hydrogen-bond acceptors (Lipinski definition) is 3. The molecular formula is C8H9Cl2N3. The number of aromatic nitrogens is 2. The number of halogens is 2. The highest BCUT2D eigenvalue weighted by Gasteiger charge is 2.15. The van der Waals surface area contributed by atoms with Crippen LogP contribution >= 0.6 is 23.2 Å². The Hall–Kier alpha value is -0.540. The van der Waals surface area contributed by atoms with Gasteiger partial charge in [0.1, 0.15) is 0 Å².